The first-order chi connectivity index (χ1) is 16.2. The third-order valence-corrected chi connectivity index (χ3v) is 6.39. The van der Waals surface area contributed by atoms with Crippen LogP contribution in [-0.4, -0.2) is 37.4 Å². The van der Waals surface area contributed by atoms with Crippen LogP contribution in [0.2, 0.25) is 0 Å². The molecule has 2 aliphatic rings. The molecule has 0 saturated carbocycles. The highest BCUT2D eigenvalue weighted by Gasteiger charge is 2.34. The van der Waals surface area contributed by atoms with Crippen LogP contribution in [0, 0.1) is 5.82 Å². The fourth-order valence-corrected chi connectivity index (χ4v) is 4.79. The van der Waals surface area contributed by atoms with Gasteiger partial charge >= 0.3 is 0 Å². The maximum Gasteiger partial charge on any atom is 0.271 e. The molecule has 166 valence electrons. The average Bonchev–Trinajstić information content (AvgIpc) is 3.15. The van der Waals surface area contributed by atoms with Gasteiger partial charge in [0.1, 0.15) is 5.82 Å². The van der Waals surface area contributed by atoms with E-state index < -0.39 is 0 Å². The predicted octanol–water partition coefficient (Wildman–Crippen LogP) is 5.47. The number of benzene rings is 3. The van der Waals surface area contributed by atoms with E-state index in [1.54, 1.807) is 17.0 Å². The largest absolute Gasteiger partial charge is 0.378 e. The summed E-state index contributed by atoms with van der Waals surface area (Å²) in [5.74, 6) is -0.488. The Morgan fingerprint density at radius 2 is 1.64 bits per heavy atom. The Bertz CT molecular complexity index is 1210. The van der Waals surface area contributed by atoms with Gasteiger partial charge in [-0.05, 0) is 59.8 Å². The summed E-state index contributed by atoms with van der Waals surface area (Å²) in [7, 11) is 0. The summed E-state index contributed by atoms with van der Waals surface area (Å²) < 4.78 is 20.2. The van der Waals surface area contributed by atoms with Crippen LogP contribution >= 0.6 is 11.8 Å². The van der Waals surface area contributed by atoms with E-state index >= 15 is 0 Å². The number of halogens is 1. The number of carbonyl (C=O) groups excluding carboxylic acids is 1. The highest BCUT2D eigenvalue weighted by atomic mass is 32.2. The van der Waals surface area contributed by atoms with E-state index in [1.165, 1.54) is 17.8 Å². The maximum atomic E-state index is 14.9. The molecule has 5 rings (SSSR count). The minimum atomic E-state index is -0.306. The maximum absolute atomic E-state index is 14.9. The SMILES string of the molecule is O=C1/C(=C/c2ccc(N3CCOCC3)c(F)c2)SC(=Nc2ccccc2)N1c1ccccc1. The molecule has 3 aromatic rings. The van der Waals surface area contributed by atoms with Gasteiger partial charge in [0.25, 0.3) is 5.91 Å². The third-order valence-electron chi connectivity index (χ3n) is 5.42. The number of rotatable bonds is 4. The van der Waals surface area contributed by atoms with Crippen molar-refractivity contribution < 1.29 is 13.9 Å². The van der Waals surface area contributed by atoms with Gasteiger partial charge in [-0.1, -0.05) is 42.5 Å². The Morgan fingerprint density at radius 1 is 0.939 bits per heavy atom. The van der Waals surface area contributed by atoms with Gasteiger partial charge < -0.3 is 9.64 Å². The quantitative estimate of drug-likeness (QED) is 0.486. The number of amides is 1. The van der Waals surface area contributed by atoms with E-state index in [0.29, 0.717) is 47.6 Å². The Hall–Kier alpha value is -3.42. The molecule has 2 fully saturated rings. The average molecular weight is 460 g/mol. The van der Waals surface area contributed by atoms with Crippen molar-refractivity contribution in [1.29, 1.82) is 0 Å². The molecular weight excluding hydrogens is 437 g/mol. The van der Waals surface area contributed by atoms with Crippen LogP contribution in [0.15, 0.2) is 88.8 Å². The van der Waals surface area contributed by atoms with Crippen LogP contribution in [0.25, 0.3) is 6.08 Å². The van der Waals surface area contributed by atoms with Gasteiger partial charge in [-0.2, -0.15) is 0 Å². The molecule has 0 bridgehead atoms. The molecule has 2 saturated heterocycles. The number of nitrogens with zero attached hydrogens (tertiary/aromatic N) is 3. The van der Waals surface area contributed by atoms with Gasteiger partial charge in [-0.25, -0.2) is 9.38 Å². The van der Waals surface area contributed by atoms with Crippen molar-refractivity contribution in [3.63, 3.8) is 0 Å². The molecule has 3 aromatic carbocycles. The molecule has 7 heteroatoms. The summed E-state index contributed by atoms with van der Waals surface area (Å²) >= 11 is 1.29. The first-order valence-corrected chi connectivity index (χ1v) is 11.6. The van der Waals surface area contributed by atoms with Crippen molar-refractivity contribution in [1.82, 2.24) is 0 Å². The van der Waals surface area contributed by atoms with Gasteiger partial charge in [0, 0.05) is 13.1 Å². The highest BCUT2D eigenvalue weighted by molar-refractivity contribution is 8.19. The molecule has 33 heavy (non-hydrogen) atoms. The lowest BCUT2D eigenvalue weighted by atomic mass is 10.1. The van der Waals surface area contributed by atoms with Gasteiger partial charge in [0.15, 0.2) is 5.17 Å². The number of aliphatic imine (C=N–C) groups is 1. The summed E-state index contributed by atoms with van der Waals surface area (Å²) in [4.78, 5) is 22.1. The first-order valence-electron chi connectivity index (χ1n) is 10.7. The van der Waals surface area contributed by atoms with Crippen molar-refractivity contribution >= 4 is 46.0 Å². The molecule has 0 N–H and O–H groups in total. The highest BCUT2D eigenvalue weighted by Crippen LogP contribution is 2.37. The van der Waals surface area contributed by atoms with Gasteiger partial charge in [-0.3, -0.25) is 9.69 Å². The number of para-hydroxylation sites is 2. The molecule has 1 amide bonds. The zero-order valence-corrected chi connectivity index (χ0v) is 18.7. The number of thioether (sulfide) groups is 1. The topological polar surface area (TPSA) is 45.1 Å². The molecule has 0 spiro atoms. The number of hydrogen-bond donors (Lipinski definition) is 0. The van der Waals surface area contributed by atoms with Crippen molar-refractivity contribution in [2.45, 2.75) is 0 Å². The summed E-state index contributed by atoms with van der Waals surface area (Å²) in [6.45, 7) is 2.51. The van der Waals surface area contributed by atoms with Crippen LogP contribution in [0.5, 0.6) is 0 Å². The van der Waals surface area contributed by atoms with Crippen molar-refractivity contribution in [2.24, 2.45) is 4.99 Å². The van der Waals surface area contributed by atoms with E-state index in [2.05, 4.69) is 0 Å². The standard InChI is InChI=1S/C26H22FN3O2S/c27-22-17-19(11-12-23(22)29-13-15-32-16-14-29)18-24-25(31)30(21-9-5-2-6-10-21)26(33-24)28-20-7-3-1-4-8-20/h1-12,17-18H,13-16H2/b24-18-,28-26?. The van der Waals surface area contributed by atoms with E-state index in [0.717, 1.165) is 11.4 Å². The minimum absolute atomic E-state index is 0.182. The van der Waals surface area contributed by atoms with Crippen LogP contribution in [0.4, 0.5) is 21.5 Å². The number of hydrogen-bond acceptors (Lipinski definition) is 5. The number of morpholine rings is 1. The first kappa shape index (κ1) is 21.4. The summed E-state index contributed by atoms with van der Waals surface area (Å²) in [5, 5.41) is 0.564. The molecular formula is C26H22FN3O2S. The monoisotopic (exact) mass is 459 g/mol. The van der Waals surface area contributed by atoms with Gasteiger partial charge in [-0.15, -0.1) is 0 Å². The second-order valence-corrected chi connectivity index (χ2v) is 8.64. The Balaban J connectivity index is 1.47. The molecule has 5 nitrogen and oxygen atoms in total. The summed E-state index contributed by atoms with van der Waals surface area (Å²) in [6, 6.07) is 24.0. The molecule has 0 atom stereocenters. The van der Waals surface area contributed by atoms with Crippen LogP contribution in [0.3, 0.4) is 0 Å². The second kappa shape index (κ2) is 9.60. The molecule has 0 aromatic heterocycles. The summed E-state index contributed by atoms with van der Waals surface area (Å²) in [5.41, 5.74) is 2.69. The Labute approximate surface area is 196 Å². The van der Waals surface area contributed by atoms with E-state index in [4.69, 9.17) is 9.73 Å². The third kappa shape index (κ3) is 4.69. The molecule has 0 unspecified atom stereocenters. The lowest BCUT2D eigenvalue weighted by Gasteiger charge is -2.29. The number of carbonyl (C=O) groups is 1. The normalized spacial score (nSPS) is 19.0. The molecule has 0 radical (unpaired) electrons. The van der Waals surface area contributed by atoms with E-state index in [9.17, 15) is 9.18 Å². The number of amidine groups is 1. The number of anilines is 2. The van der Waals surface area contributed by atoms with Crippen LogP contribution < -0.4 is 9.80 Å². The molecule has 0 aliphatic carbocycles. The smallest absolute Gasteiger partial charge is 0.271 e. The zero-order valence-electron chi connectivity index (χ0n) is 17.9. The Morgan fingerprint density at radius 3 is 2.33 bits per heavy atom. The lowest BCUT2D eigenvalue weighted by Crippen LogP contribution is -2.36. The molecule has 2 aliphatic heterocycles. The zero-order chi connectivity index (χ0) is 22.6. The molecule has 2 heterocycles. The van der Waals surface area contributed by atoms with Crippen molar-refractivity contribution in [3.8, 4) is 0 Å². The van der Waals surface area contributed by atoms with E-state index in [-0.39, 0.29) is 11.7 Å². The fraction of sp³-hybridized carbons (Fsp3) is 0.154. The van der Waals surface area contributed by atoms with Crippen molar-refractivity contribution in [2.75, 3.05) is 36.1 Å². The van der Waals surface area contributed by atoms with Gasteiger partial charge in [0.2, 0.25) is 0 Å². The number of ether oxygens (including phenoxy) is 1. The van der Waals surface area contributed by atoms with Crippen molar-refractivity contribution in [3.05, 3.63) is 95.1 Å². The van der Waals surface area contributed by atoms with Gasteiger partial charge in [0.05, 0.1) is 35.2 Å². The van der Waals surface area contributed by atoms with E-state index in [1.807, 2.05) is 71.6 Å². The summed E-state index contributed by atoms with van der Waals surface area (Å²) in [6.07, 6.45) is 1.72. The Kier molecular flexibility index (Phi) is 6.24. The fourth-order valence-electron chi connectivity index (χ4n) is 3.79. The predicted molar refractivity (Wildman–Crippen MR) is 132 cm³/mol. The van der Waals surface area contributed by atoms with Crippen LogP contribution in [0.1, 0.15) is 5.56 Å². The minimum Gasteiger partial charge on any atom is -0.378 e. The second-order valence-electron chi connectivity index (χ2n) is 7.63. The lowest BCUT2D eigenvalue weighted by molar-refractivity contribution is -0.113. The van der Waals surface area contributed by atoms with Crippen LogP contribution in [-0.2, 0) is 9.53 Å².